The second-order valence-corrected chi connectivity index (χ2v) is 5.00. The Hall–Kier alpha value is -1.88. The lowest BCUT2D eigenvalue weighted by atomic mass is 9.99. The van der Waals surface area contributed by atoms with Crippen LogP contribution in [-0.2, 0) is 4.79 Å². The van der Waals surface area contributed by atoms with Gasteiger partial charge in [0.2, 0.25) is 5.91 Å². The number of amides is 1. The zero-order valence-electron chi connectivity index (χ0n) is 11.4. The third kappa shape index (κ3) is 3.81. The van der Waals surface area contributed by atoms with Crippen LogP contribution in [-0.4, -0.2) is 45.2 Å². The molecule has 2 heterocycles. The number of hydrogen-bond donors (Lipinski definition) is 2. The smallest absolute Gasteiger partial charge is 0.246 e. The van der Waals surface area contributed by atoms with Gasteiger partial charge >= 0.3 is 0 Å². The van der Waals surface area contributed by atoms with E-state index in [0.717, 1.165) is 25.8 Å². The highest BCUT2D eigenvalue weighted by Crippen LogP contribution is 2.20. The van der Waals surface area contributed by atoms with E-state index in [4.69, 9.17) is 5.11 Å². The molecule has 0 spiro atoms. The van der Waals surface area contributed by atoms with Crippen molar-refractivity contribution in [3.63, 3.8) is 0 Å². The average Bonchev–Trinajstić information content (AvgIpc) is 2.46. The van der Waals surface area contributed by atoms with Gasteiger partial charge in [-0.25, -0.2) is 0 Å². The van der Waals surface area contributed by atoms with Crippen LogP contribution < -0.4 is 0 Å². The van der Waals surface area contributed by atoms with Crippen molar-refractivity contribution in [1.29, 1.82) is 0 Å². The Morgan fingerprint density at radius 2 is 2.30 bits per heavy atom. The van der Waals surface area contributed by atoms with Gasteiger partial charge in [0.15, 0.2) is 0 Å². The Morgan fingerprint density at radius 1 is 1.45 bits per heavy atom. The van der Waals surface area contributed by atoms with E-state index in [9.17, 15) is 9.90 Å². The van der Waals surface area contributed by atoms with E-state index in [1.165, 1.54) is 12.3 Å². The molecule has 20 heavy (non-hydrogen) atoms. The Bertz CT molecular complexity index is 486. The third-order valence-corrected chi connectivity index (χ3v) is 3.54. The van der Waals surface area contributed by atoms with Crippen LogP contribution in [0.3, 0.4) is 0 Å². The van der Waals surface area contributed by atoms with E-state index in [1.807, 2.05) is 4.90 Å². The zero-order valence-corrected chi connectivity index (χ0v) is 11.4. The molecule has 2 N–H and O–H groups in total. The number of pyridine rings is 1. The number of aliphatic hydroxyl groups excluding tert-OH is 1. The molecule has 1 unspecified atom stereocenters. The summed E-state index contributed by atoms with van der Waals surface area (Å²) in [5.41, 5.74) is 0.689. The molecule has 1 aliphatic rings. The van der Waals surface area contributed by atoms with Crippen LogP contribution in [0.5, 0.6) is 5.75 Å². The van der Waals surface area contributed by atoms with E-state index in [2.05, 4.69) is 4.98 Å². The number of carbonyl (C=O) groups excluding carboxylic acids is 1. The SMILES string of the molecule is O=C(/C=C/c1cncc(O)c1)N1CCCCC1CCO. The van der Waals surface area contributed by atoms with E-state index in [0.29, 0.717) is 12.0 Å². The molecule has 1 aromatic heterocycles. The first-order valence-electron chi connectivity index (χ1n) is 6.94. The largest absolute Gasteiger partial charge is 0.506 e. The second-order valence-electron chi connectivity index (χ2n) is 5.00. The van der Waals surface area contributed by atoms with Gasteiger partial charge in [-0.05, 0) is 43.4 Å². The predicted octanol–water partition coefficient (Wildman–Crippen LogP) is 1.56. The molecule has 0 radical (unpaired) electrons. The fraction of sp³-hybridized carbons (Fsp3) is 0.467. The quantitative estimate of drug-likeness (QED) is 0.819. The van der Waals surface area contributed by atoms with Gasteiger partial charge in [0.05, 0.1) is 6.20 Å². The average molecular weight is 276 g/mol. The normalized spacial score (nSPS) is 19.4. The topological polar surface area (TPSA) is 73.7 Å². The van der Waals surface area contributed by atoms with Gasteiger partial charge in [-0.1, -0.05) is 0 Å². The first-order valence-corrected chi connectivity index (χ1v) is 6.94. The van der Waals surface area contributed by atoms with E-state index in [-0.39, 0.29) is 24.3 Å². The van der Waals surface area contributed by atoms with Gasteiger partial charge in [-0.2, -0.15) is 0 Å². The molecule has 5 nitrogen and oxygen atoms in total. The first kappa shape index (κ1) is 14.5. The van der Waals surface area contributed by atoms with Crippen LogP contribution in [0.25, 0.3) is 6.08 Å². The van der Waals surface area contributed by atoms with Crippen LogP contribution >= 0.6 is 0 Å². The summed E-state index contributed by atoms with van der Waals surface area (Å²) in [6, 6.07) is 1.69. The standard InChI is InChI=1S/C15H20N2O3/c18-8-6-13-3-1-2-7-17(13)15(20)5-4-12-9-14(19)11-16-10-12/h4-5,9-11,13,18-19H,1-3,6-8H2/b5-4+. The van der Waals surface area contributed by atoms with E-state index in [1.54, 1.807) is 18.3 Å². The van der Waals surface area contributed by atoms with Gasteiger partial charge in [0, 0.05) is 31.5 Å². The summed E-state index contributed by atoms with van der Waals surface area (Å²) in [6.45, 7) is 0.848. The molecule has 1 aliphatic heterocycles. The Labute approximate surface area is 118 Å². The third-order valence-electron chi connectivity index (χ3n) is 3.54. The van der Waals surface area contributed by atoms with Crippen molar-refractivity contribution in [2.45, 2.75) is 31.7 Å². The zero-order chi connectivity index (χ0) is 14.4. The van der Waals surface area contributed by atoms with Gasteiger partial charge in [0.25, 0.3) is 0 Å². The molecule has 1 saturated heterocycles. The highest BCUT2D eigenvalue weighted by Gasteiger charge is 2.24. The summed E-state index contributed by atoms with van der Waals surface area (Å²) in [5.74, 6) is 0.0298. The van der Waals surface area contributed by atoms with E-state index >= 15 is 0 Å². The van der Waals surface area contributed by atoms with Crippen LogP contribution in [0.2, 0.25) is 0 Å². The molecule has 1 atom stereocenters. The summed E-state index contributed by atoms with van der Waals surface area (Å²) in [5, 5.41) is 18.4. The summed E-state index contributed by atoms with van der Waals surface area (Å²) in [4.78, 5) is 17.9. The van der Waals surface area contributed by atoms with Crippen LogP contribution in [0.1, 0.15) is 31.2 Å². The van der Waals surface area contributed by atoms with Crippen molar-refractivity contribution in [2.24, 2.45) is 0 Å². The van der Waals surface area contributed by atoms with Gasteiger partial charge < -0.3 is 15.1 Å². The minimum Gasteiger partial charge on any atom is -0.506 e. The lowest BCUT2D eigenvalue weighted by Crippen LogP contribution is -2.43. The number of rotatable bonds is 4. The van der Waals surface area contributed by atoms with Gasteiger partial charge in [0.1, 0.15) is 5.75 Å². The maximum absolute atomic E-state index is 12.2. The van der Waals surface area contributed by atoms with Crippen molar-refractivity contribution < 1.29 is 15.0 Å². The molecular formula is C15H20N2O3. The van der Waals surface area contributed by atoms with Crippen molar-refractivity contribution >= 4 is 12.0 Å². The second kappa shape index (κ2) is 7.05. The van der Waals surface area contributed by atoms with Crippen molar-refractivity contribution in [3.8, 4) is 5.75 Å². The molecular weight excluding hydrogens is 256 g/mol. The van der Waals surface area contributed by atoms with Crippen LogP contribution in [0, 0.1) is 0 Å². The molecule has 0 bridgehead atoms. The number of nitrogens with zero attached hydrogens (tertiary/aromatic N) is 2. The number of aliphatic hydroxyl groups is 1. The number of hydrogen-bond acceptors (Lipinski definition) is 4. The Morgan fingerprint density at radius 3 is 3.05 bits per heavy atom. The maximum Gasteiger partial charge on any atom is 0.246 e. The number of aromatic hydroxyl groups is 1. The summed E-state index contributed by atoms with van der Waals surface area (Å²) < 4.78 is 0. The van der Waals surface area contributed by atoms with Gasteiger partial charge in [-0.15, -0.1) is 0 Å². The maximum atomic E-state index is 12.2. The molecule has 1 fully saturated rings. The van der Waals surface area contributed by atoms with Gasteiger partial charge in [-0.3, -0.25) is 9.78 Å². The molecule has 108 valence electrons. The van der Waals surface area contributed by atoms with E-state index < -0.39 is 0 Å². The highest BCUT2D eigenvalue weighted by atomic mass is 16.3. The van der Waals surface area contributed by atoms with Crippen LogP contribution in [0.4, 0.5) is 0 Å². The highest BCUT2D eigenvalue weighted by molar-refractivity contribution is 5.92. The summed E-state index contributed by atoms with van der Waals surface area (Å²) >= 11 is 0. The Balaban J connectivity index is 2.02. The summed E-state index contributed by atoms with van der Waals surface area (Å²) in [7, 11) is 0. The monoisotopic (exact) mass is 276 g/mol. The number of aromatic nitrogens is 1. The minimum atomic E-state index is -0.0495. The van der Waals surface area contributed by atoms with Crippen molar-refractivity contribution in [3.05, 3.63) is 30.1 Å². The van der Waals surface area contributed by atoms with Crippen molar-refractivity contribution in [2.75, 3.05) is 13.2 Å². The lowest BCUT2D eigenvalue weighted by Gasteiger charge is -2.34. The fourth-order valence-corrected chi connectivity index (χ4v) is 2.54. The molecule has 1 aromatic rings. The molecule has 0 aliphatic carbocycles. The Kier molecular flexibility index (Phi) is 5.12. The lowest BCUT2D eigenvalue weighted by molar-refractivity contribution is -0.129. The minimum absolute atomic E-state index is 0.0495. The first-order chi connectivity index (χ1) is 9.70. The summed E-state index contributed by atoms with van der Waals surface area (Å²) in [6.07, 6.45) is 9.79. The molecule has 0 aromatic carbocycles. The molecule has 2 rings (SSSR count). The fourth-order valence-electron chi connectivity index (χ4n) is 2.54. The molecule has 1 amide bonds. The molecule has 5 heteroatoms. The number of likely N-dealkylation sites (tertiary alicyclic amines) is 1. The molecule has 0 saturated carbocycles. The van der Waals surface area contributed by atoms with Crippen molar-refractivity contribution in [1.82, 2.24) is 9.88 Å². The number of carbonyl (C=O) groups is 1. The van der Waals surface area contributed by atoms with Crippen LogP contribution in [0.15, 0.2) is 24.5 Å². The number of piperidine rings is 1. The predicted molar refractivity (Wildman–Crippen MR) is 76.0 cm³/mol.